The summed E-state index contributed by atoms with van der Waals surface area (Å²) in [6.07, 6.45) is 1.30. The Hall–Kier alpha value is -1.30. The number of hydrogen-bond donors (Lipinski definition) is 0. The lowest BCUT2D eigenvalue weighted by Gasteiger charge is -1.93. The summed E-state index contributed by atoms with van der Waals surface area (Å²) in [4.78, 5) is 0. The molecule has 0 aromatic heterocycles. The molecule has 0 saturated heterocycles. The molecule has 1 rings (SSSR count). The first-order valence-electron chi connectivity index (χ1n) is 6.57. The predicted molar refractivity (Wildman–Crippen MR) is 94.4 cm³/mol. The molecule has 0 aliphatic rings. The Labute approximate surface area is 142 Å². The van der Waals surface area contributed by atoms with Crippen LogP contribution < -0.4 is 0 Å². The van der Waals surface area contributed by atoms with Gasteiger partial charge in [0.15, 0.2) is 0 Å². The van der Waals surface area contributed by atoms with Gasteiger partial charge in [0.05, 0.1) is 5.83 Å². The van der Waals surface area contributed by atoms with E-state index in [1.807, 2.05) is 27.7 Å². The minimum absolute atomic E-state index is 0.248. The van der Waals surface area contributed by atoms with Crippen LogP contribution in [0, 0.1) is 24.6 Å². The Balaban J connectivity index is 0. The molecule has 0 heterocycles. The summed E-state index contributed by atoms with van der Waals surface area (Å²) in [6.45, 7) is 10.4. The molecule has 0 aliphatic heterocycles. The summed E-state index contributed by atoms with van der Waals surface area (Å²) in [5.74, 6) is 4.85. The molecule has 0 amide bonds. The minimum Gasteiger partial charge on any atom is -0.212 e. The summed E-state index contributed by atoms with van der Waals surface area (Å²) >= 11 is 11.1. The lowest BCUT2D eigenvalue weighted by molar-refractivity contribution is 0.618. The molecule has 0 radical (unpaired) electrons. The molecule has 22 heavy (non-hydrogen) atoms. The third-order valence-electron chi connectivity index (χ3n) is 2.19. The Kier molecular flexibility index (Phi) is 14.0. The van der Waals surface area contributed by atoms with Gasteiger partial charge in [0.1, 0.15) is 5.82 Å². The number of halogens is 4. The van der Waals surface area contributed by atoms with E-state index in [1.165, 1.54) is 19.1 Å². The molecular formula is C18H22Cl2F2. The molecule has 1 aromatic rings. The van der Waals surface area contributed by atoms with E-state index in [2.05, 4.69) is 11.8 Å². The lowest BCUT2D eigenvalue weighted by atomic mass is 10.2. The van der Waals surface area contributed by atoms with Gasteiger partial charge in [-0.25, -0.2) is 8.78 Å². The molecule has 0 aliphatic carbocycles. The molecule has 0 unspecified atom stereocenters. The van der Waals surface area contributed by atoms with Crippen molar-refractivity contribution in [1.82, 2.24) is 0 Å². The minimum atomic E-state index is -0.263. The third kappa shape index (κ3) is 13.7. The van der Waals surface area contributed by atoms with Gasteiger partial charge < -0.3 is 0 Å². The molecule has 122 valence electrons. The molecule has 1 aromatic carbocycles. The Morgan fingerprint density at radius 2 is 1.64 bits per heavy atom. The largest absolute Gasteiger partial charge is 0.212 e. The van der Waals surface area contributed by atoms with Crippen LogP contribution in [-0.2, 0) is 0 Å². The zero-order chi connectivity index (χ0) is 17.7. The lowest BCUT2D eigenvalue weighted by Crippen LogP contribution is -1.78. The van der Waals surface area contributed by atoms with Crippen molar-refractivity contribution < 1.29 is 8.78 Å². The molecule has 4 heteroatoms. The van der Waals surface area contributed by atoms with E-state index in [4.69, 9.17) is 23.2 Å². The summed E-state index contributed by atoms with van der Waals surface area (Å²) in [5, 5.41) is 0.924. The molecule has 0 atom stereocenters. The summed E-state index contributed by atoms with van der Waals surface area (Å²) in [6, 6.07) is 4.62. The fourth-order valence-corrected chi connectivity index (χ4v) is 1.20. The van der Waals surface area contributed by atoms with Gasteiger partial charge in [0.2, 0.25) is 0 Å². The highest BCUT2D eigenvalue weighted by Gasteiger charge is 1.94. The van der Waals surface area contributed by atoms with E-state index >= 15 is 0 Å². The normalized spacial score (nSPS) is 9.27. The first-order valence-corrected chi connectivity index (χ1v) is 7.33. The summed E-state index contributed by atoms with van der Waals surface area (Å²) in [5.41, 5.74) is 1.55. The van der Waals surface area contributed by atoms with E-state index in [1.54, 1.807) is 19.1 Å². The van der Waals surface area contributed by atoms with Crippen LogP contribution in [0.1, 0.15) is 40.2 Å². The van der Waals surface area contributed by atoms with Crippen molar-refractivity contribution in [2.24, 2.45) is 0 Å². The number of hydrogen-bond acceptors (Lipinski definition) is 0. The first-order chi connectivity index (χ1) is 10.1. The zero-order valence-electron chi connectivity index (χ0n) is 13.8. The fourth-order valence-electron chi connectivity index (χ4n) is 0.886. The number of benzene rings is 1. The van der Waals surface area contributed by atoms with Gasteiger partial charge in [0, 0.05) is 10.1 Å². The average molecular weight is 347 g/mol. The van der Waals surface area contributed by atoms with E-state index in [-0.39, 0.29) is 11.6 Å². The SMILES string of the molecule is CC#CC.CC(C)=C(Cl)/C=C(\C)F.Cc1ccc(Cl)cc1F. The highest BCUT2D eigenvalue weighted by molar-refractivity contribution is 6.31. The van der Waals surface area contributed by atoms with Crippen LogP contribution in [0.4, 0.5) is 8.78 Å². The van der Waals surface area contributed by atoms with Crippen molar-refractivity contribution in [3.8, 4) is 11.8 Å². The summed E-state index contributed by atoms with van der Waals surface area (Å²) < 4.78 is 24.5. The van der Waals surface area contributed by atoms with Gasteiger partial charge in [-0.1, -0.05) is 34.8 Å². The van der Waals surface area contributed by atoms with Gasteiger partial charge >= 0.3 is 0 Å². The van der Waals surface area contributed by atoms with Crippen LogP contribution in [0.5, 0.6) is 0 Å². The number of allylic oxidation sites excluding steroid dienone is 4. The Bertz CT molecular complexity index is 562. The summed E-state index contributed by atoms with van der Waals surface area (Å²) in [7, 11) is 0. The van der Waals surface area contributed by atoms with Gasteiger partial charge in [0.25, 0.3) is 0 Å². The van der Waals surface area contributed by atoms with Crippen LogP contribution in [0.2, 0.25) is 5.02 Å². The standard InChI is InChI=1S/C7H6ClF.C7H10ClF.C4H6/c1-5-2-3-6(8)4-7(5)9;1-5(2)7(8)4-6(3)9;1-3-4-2/h2-4H,1H3;4H,1-3H3;1-2H3/b;6-4+;. The molecule has 0 fully saturated rings. The zero-order valence-corrected chi connectivity index (χ0v) is 15.3. The quantitative estimate of drug-likeness (QED) is 0.372. The van der Waals surface area contributed by atoms with Crippen LogP contribution in [-0.4, -0.2) is 0 Å². The van der Waals surface area contributed by atoms with Crippen LogP contribution >= 0.6 is 23.2 Å². The van der Waals surface area contributed by atoms with Crippen molar-refractivity contribution >= 4 is 23.2 Å². The molecular weight excluding hydrogens is 325 g/mol. The number of rotatable bonds is 1. The van der Waals surface area contributed by atoms with Crippen molar-refractivity contribution in [2.75, 3.05) is 0 Å². The van der Waals surface area contributed by atoms with Crippen LogP contribution in [0.15, 0.2) is 40.7 Å². The monoisotopic (exact) mass is 346 g/mol. The van der Waals surface area contributed by atoms with Crippen LogP contribution in [0.3, 0.4) is 0 Å². The molecule has 0 bridgehead atoms. The second-order valence-electron chi connectivity index (χ2n) is 4.47. The first kappa shape index (κ1) is 23.0. The van der Waals surface area contributed by atoms with Gasteiger partial charge in [-0.15, -0.1) is 11.8 Å². The van der Waals surface area contributed by atoms with E-state index in [9.17, 15) is 8.78 Å². The Morgan fingerprint density at radius 3 is 1.86 bits per heavy atom. The van der Waals surface area contributed by atoms with Gasteiger partial charge in [-0.3, -0.25) is 0 Å². The predicted octanol–water partition coefficient (Wildman–Crippen LogP) is 7.21. The van der Waals surface area contributed by atoms with Gasteiger partial charge in [-0.05, 0) is 65.3 Å². The maximum atomic E-state index is 12.5. The topological polar surface area (TPSA) is 0 Å². The average Bonchev–Trinajstić information content (AvgIpc) is 2.43. The maximum Gasteiger partial charge on any atom is 0.127 e. The second kappa shape index (κ2) is 13.4. The highest BCUT2D eigenvalue weighted by atomic mass is 35.5. The van der Waals surface area contributed by atoms with E-state index < -0.39 is 0 Å². The molecule has 0 spiro atoms. The molecule has 0 nitrogen and oxygen atoms in total. The fraction of sp³-hybridized carbons (Fsp3) is 0.333. The van der Waals surface area contributed by atoms with E-state index in [0.29, 0.717) is 15.6 Å². The van der Waals surface area contributed by atoms with Crippen LogP contribution in [0.25, 0.3) is 0 Å². The van der Waals surface area contributed by atoms with Crippen molar-refractivity contribution in [3.63, 3.8) is 0 Å². The molecule has 0 saturated carbocycles. The van der Waals surface area contributed by atoms with Gasteiger partial charge in [-0.2, -0.15) is 0 Å². The highest BCUT2D eigenvalue weighted by Crippen LogP contribution is 2.13. The second-order valence-corrected chi connectivity index (χ2v) is 5.32. The van der Waals surface area contributed by atoms with Crippen molar-refractivity contribution in [1.29, 1.82) is 0 Å². The Morgan fingerprint density at radius 1 is 1.14 bits per heavy atom. The van der Waals surface area contributed by atoms with Crippen molar-refractivity contribution in [2.45, 2.75) is 41.5 Å². The number of aryl methyl sites for hydroxylation is 1. The molecule has 0 N–H and O–H groups in total. The van der Waals surface area contributed by atoms with Crippen molar-refractivity contribution in [3.05, 3.63) is 57.1 Å². The van der Waals surface area contributed by atoms with E-state index in [0.717, 1.165) is 5.57 Å². The maximum absolute atomic E-state index is 12.5. The smallest absolute Gasteiger partial charge is 0.127 e. The third-order valence-corrected chi connectivity index (χ3v) is 2.91.